The number of benzene rings is 1. The lowest BCUT2D eigenvalue weighted by atomic mass is 10.1. The summed E-state index contributed by atoms with van der Waals surface area (Å²) in [6, 6.07) is 7.09. The van der Waals surface area contributed by atoms with Gasteiger partial charge in [0.25, 0.3) is 5.91 Å². The third-order valence-electron chi connectivity index (χ3n) is 4.88. The first-order chi connectivity index (χ1) is 13.3. The Morgan fingerprint density at radius 3 is 2.32 bits per heavy atom. The van der Waals surface area contributed by atoms with E-state index in [0.29, 0.717) is 44.0 Å². The van der Waals surface area contributed by atoms with Crippen LogP contribution in [0.15, 0.2) is 24.3 Å². The molecule has 154 valence electrons. The van der Waals surface area contributed by atoms with Crippen molar-refractivity contribution in [3.63, 3.8) is 0 Å². The fourth-order valence-electron chi connectivity index (χ4n) is 3.18. The summed E-state index contributed by atoms with van der Waals surface area (Å²) in [5.41, 5.74) is 0.907. The van der Waals surface area contributed by atoms with E-state index in [4.69, 9.17) is 0 Å². The van der Waals surface area contributed by atoms with E-state index in [9.17, 15) is 22.8 Å². The molecule has 1 saturated carbocycles. The van der Waals surface area contributed by atoms with Gasteiger partial charge in [-0.25, -0.2) is 0 Å². The number of piperazine rings is 1. The van der Waals surface area contributed by atoms with Gasteiger partial charge in [-0.15, -0.1) is 0 Å². The normalized spacial score (nSPS) is 18.7. The van der Waals surface area contributed by atoms with Crippen molar-refractivity contribution in [3.8, 4) is 0 Å². The van der Waals surface area contributed by atoms with Crippen molar-refractivity contribution in [1.29, 1.82) is 0 Å². The lowest BCUT2D eigenvalue weighted by Gasteiger charge is -2.34. The van der Waals surface area contributed by atoms with Crippen molar-refractivity contribution in [1.82, 2.24) is 15.1 Å². The number of alkyl halides is 3. The lowest BCUT2D eigenvalue weighted by Crippen LogP contribution is -2.49. The van der Waals surface area contributed by atoms with Crippen LogP contribution in [0, 0.1) is 0 Å². The van der Waals surface area contributed by atoms with Gasteiger partial charge in [0.1, 0.15) is 0 Å². The number of nitrogens with zero attached hydrogens (tertiary/aromatic N) is 2. The van der Waals surface area contributed by atoms with E-state index in [2.05, 4.69) is 10.6 Å². The molecule has 6 nitrogen and oxygen atoms in total. The van der Waals surface area contributed by atoms with E-state index in [1.54, 1.807) is 24.3 Å². The number of hydrogen-bond donors (Lipinski definition) is 2. The molecule has 28 heavy (non-hydrogen) atoms. The molecule has 2 aliphatic rings. The van der Waals surface area contributed by atoms with E-state index in [0.717, 1.165) is 12.8 Å². The van der Waals surface area contributed by atoms with E-state index in [1.165, 1.54) is 4.90 Å². The molecule has 1 aromatic rings. The Labute approximate surface area is 162 Å². The summed E-state index contributed by atoms with van der Waals surface area (Å²) < 4.78 is 37.3. The van der Waals surface area contributed by atoms with Crippen LogP contribution < -0.4 is 10.6 Å². The molecule has 1 aliphatic carbocycles. The minimum atomic E-state index is -4.18. The number of nitrogens with one attached hydrogen (secondary N) is 2. The Hall–Kier alpha value is -2.13. The maximum Gasteiger partial charge on any atom is 0.401 e. The average Bonchev–Trinajstić information content (AvgIpc) is 3.44. The highest BCUT2D eigenvalue weighted by Crippen LogP contribution is 2.22. The molecule has 0 spiro atoms. The van der Waals surface area contributed by atoms with Crippen LogP contribution in [0.5, 0.6) is 0 Å². The molecular weight excluding hydrogens is 373 g/mol. The molecule has 2 fully saturated rings. The molecule has 0 radical (unpaired) electrons. The standard InChI is InChI=1S/C19H25F3N4O2/c20-19(21,22)13-26-11-9-25(10-12-26)8-7-17(27)24-16-4-2-1-3-15(16)18(28)23-14-5-6-14/h1-4,14H,5-13H2,(H,23,28)(H,24,27). The predicted octanol–water partition coefficient (Wildman–Crippen LogP) is 2.09. The summed E-state index contributed by atoms with van der Waals surface area (Å²) in [6.45, 7) is 1.27. The van der Waals surface area contributed by atoms with Gasteiger partial charge in [0.15, 0.2) is 0 Å². The second kappa shape index (κ2) is 8.91. The van der Waals surface area contributed by atoms with Crippen molar-refractivity contribution in [2.75, 3.05) is 44.6 Å². The first-order valence-corrected chi connectivity index (χ1v) is 9.51. The molecule has 2 N–H and O–H groups in total. The van der Waals surface area contributed by atoms with E-state index in [-0.39, 0.29) is 24.3 Å². The second-order valence-corrected chi connectivity index (χ2v) is 7.32. The Morgan fingerprint density at radius 2 is 1.68 bits per heavy atom. The highest BCUT2D eigenvalue weighted by molar-refractivity contribution is 6.03. The molecule has 1 aromatic carbocycles. The molecule has 3 rings (SSSR count). The Kier molecular flexibility index (Phi) is 6.56. The number of hydrogen-bond acceptors (Lipinski definition) is 4. The van der Waals surface area contributed by atoms with Crippen LogP contribution in [0.2, 0.25) is 0 Å². The molecule has 1 heterocycles. The zero-order valence-electron chi connectivity index (χ0n) is 15.6. The summed E-state index contributed by atoms with van der Waals surface area (Å²) in [5.74, 6) is -0.413. The van der Waals surface area contributed by atoms with Crippen LogP contribution in [0.1, 0.15) is 29.6 Å². The zero-order valence-corrected chi connectivity index (χ0v) is 15.6. The Morgan fingerprint density at radius 1 is 1.04 bits per heavy atom. The topological polar surface area (TPSA) is 64.7 Å². The molecule has 0 unspecified atom stereocenters. The second-order valence-electron chi connectivity index (χ2n) is 7.32. The summed E-state index contributed by atoms with van der Waals surface area (Å²) in [6.07, 6.45) is -1.99. The van der Waals surface area contributed by atoms with E-state index < -0.39 is 12.7 Å². The van der Waals surface area contributed by atoms with Gasteiger partial charge in [0.05, 0.1) is 17.8 Å². The molecular formula is C19H25F3N4O2. The third kappa shape index (κ3) is 6.49. The van der Waals surface area contributed by atoms with Gasteiger partial charge in [-0.3, -0.25) is 14.5 Å². The fraction of sp³-hybridized carbons (Fsp3) is 0.579. The molecule has 9 heteroatoms. The summed E-state index contributed by atoms with van der Waals surface area (Å²) in [5, 5.41) is 5.68. The van der Waals surface area contributed by atoms with Gasteiger partial charge in [0.2, 0.25) is 5.91 Å². The third-order valence-corrected chi connectivity index (χ3v) is 4.88. The molecule has 0 atom stereocenters. The van der Waals surface area contributed by atoms with Gasteiger partial charge in [0, 0.05) is 45.2 Å². The SMILES string of the molecule is O=C(CCN1CCN(CC(F)(F)F)CC1)Nc1ccccc1C(=O)NC1CC1. The molecule has 0 bridgehead atoms. The number of halogens is 3. The first-order valence-electron chi connectivity index (χ1n) is 9.51. The summed E-state index contributed by atoms with van der Waals surface area (Å²) in [4.78, 5) is 27.9. The van der Waals surface area contributed by atoms with Crippen molar-refractivity contribution < 1.29 is 22.8 Å². The number of carbonyl (C=O) groups is 2. The highest BCUT2D eigenvalue weighted by atomic mass is 19.4. The monoisotopic (exact) mass is 398 g/mol. The van der Waals surface area contributed by atoms with Crippen molar-refractivity contribution in [3.05, 3.63) is 29.8 Å². The number of rotatable bonds is 7. The van der Waals surface area contributed by atoms with Gasteiger partial charge < -0.3 is 15.5 Å². The number of carbonyl (C=O) groups excluding carboxylic acids is 2. The van der Waals surface area contributed by atoms with Gasteiger partial charge in [-0.05, 0) is 25.0 Å². The summed E-state index contributed by atoms with van der Waals surface area (Å²) >= 11 is 0. The number of amides is 2. The first kappa shape index (κ1) is 20.6. The fourth-order valence-corrected chi connectivity index (χ4v) is 3.18. The lowest BCUT2D eigenvalue weighted by molar-refractivity contribution is -0.149. The maximum absolute atomic E-state index is 12.4. The molecule has 1 aliphatic heterocycles. The Bertz CT molecular complexity index is 699. The highest BCUT2D eigenvalue weighted by Gasteiger charge is 2.32. The zero-order chi connectivity index (χ0) is 20.1. The minimum Gasteiger partial charge on any atom is -0.349 e. The van der Waals surface area contributed by atoms with Crippen LogP contribution in [-0.2, 0) is 4.79 Å². The molecule has 1 saturated heterocycles. The van der Waals surface area contributed by atoms with Crippen LogP contribution in [-0.4, -0.2) is 73.1 Å². The largest absolute Gasteiger partial charge is 0.401 e. The van der Waals surface area contributed by atoms with Gasteiger partial charge in [-0.1, -0.05) is 12.1 Å². The quantitative estimate of drug-likeness (QED) is 0.738. The van der Waals surface area contributed by atoms with Crippen LogP contribution in [0.3, 0.4) is 0 Å². The van der Waals surface area contributed by atoms with Crippen molar-refractivity contribution in [2.24, 2.45) is 0 Å². The minimum absolute atomic E-state index is 0.195. The smallest absolute Gasteiger partial charge is 0.349 e. The number of anilines is 1. The van der Waals surface area contributed by atoms with Crippen LogP contribution in [0.4, 0.5) is 18.9 Å². The van der Waals surface area contributed by atoms with Crippen LogP contribution >= 0.6 is 0 Å². The number of para-hydroxylation sites is 1. The van der Waals surface area contributed by atoms with E-state index >= 15 is 0 Å². The predicted molar refractivity (Wildman–Crippen MR) is 99.1 cm³/mol. The van der Waals surface area contributed by atoms with Crippen LogP contribution in [0.25, 0.3) is 0 Å². The average molecular weight is 398 g/mol. The maximum atomic E-state index is 12.4. The molecule has 2 amide bonds. The van der Waals surface area contributed by atoms with Gasteiger partial charge in [-0.2, -0.15) is 13.2 Å². The van der Waals surface area contributed by atoms with Gasteiger partial charge >= 0.3 is 6.18 Å². The van der Waals surface area contributed by atoms with Crippen molar-refractivity contribution >= 4 is 17.5 Å². The Balaban J connectivity index is 1.43. The summed E-state index contributed by atoms with van der Waals surface area (Å²) in [7, 11) is 0. The molecule has 0 aromatic heterocycles. The van der Waals surface area contributed by atoms with E-state index in [1.807, 2.05) is 4.90 Å². The van der Waals surface area contributed by atoms with Crippen molar-refractivity contribution in [2.45, 2.75) is 31.5 Å².